The van der Waals surface area contributed by atoms with Crippen LogP contribution in [0.5, 0.6) is 5.88 Å². The first-order valence-corrected chi connectivity index (χ1v) is 8.37. The molecule has 3 rings (SSSR count). The van der Waals surface area contributed by atoms with Crippen molar-refractivity contribution in [2.45, 2.75) is 38.2 Å². The van der Waals surface area contributed by atoms with Crippen LogP contribution in [0.3, 0.4) is 0 Å². The molecule has 1 amide bonds. The van der Waals surface area contributed by atoms with Gasteiger partial charge in [0.05, 0.1) is 11.9 Å². The number of hydrogen-bond donors (Lipinski definition) is 3. The standard InChI is InChI=1S/C18H21N5O2/c19-16(18(24)22-12-5-4-10-21-11-12)14-8-9-15(23-17(14)20)25-13-6-2-1-3-7-13/h4-5,8-11,13,19H,1-3,6-7H2,(H2,20,23)(H,22,24). The second-order valence-corrected chi connectivity index (χ2v) is 6.03. The van der Waals surface area contributed by atoms with Crippen LogP contribution in [0.4, 0.5) is 11.5 Å². The van der Waals surface area contributed by atoms with Crippen LogP contribution in [-0.4, -0.2) is 27.7 Å². The fourth-order valence-corrected chi connectivity index (χ4v) is 2.84. The van der Waals surface area contributed by atoms with Crippen molar-refractivity contribution in [2.24, 2.45) is 0 Å². The number of nitrogens with one attached hydrogen (secondary N) is 2. The van der Waals surface area contributed by atoms with E-state index < -0.39 is 5.91 Å². The number of aromatic nitrogens is 2. The molecule has 2 aromatic rings. The number of anilines is 2. The van der Waals surface area contributed by atoms with E-state index in [2.05, 4.69) is 15.3 Å². The lowest BCUT2D eigenvalue weighted by molar-refractivity contribution is -0.110. The second kappa shape index (κ2) is 7.74. The van der Waals surface area contributed by atoms with Gasteiger partial charge in [-0.3, -0.25) is 15.2 Å². The molecule has 0 unspecified atom stereocenters. The quantitative estimate of drug-likeness (QED) is 0.725. The van der Waals surface area contributed by atoms with Gasteiger partial charge in [0.2, 0.25) is 5.88 Å². The highest BCUT2D eigenvalue weighted by atomic mass is 16.5. The van der Waals surface area contributed by atoms with Crippen molar-refractivity contribution in [3.05, 3.63) is 42.2 Å². The molecule has 7 heteroatoms. The van der Waals surface area contributed by atoms with E-state index in [0.29, 0.717) is 11.6 Å². The Morgan fingerprint density at radius 2 is 2.04 bits per heavy atom. The van der Waals surface area contributed by atoms with Gasteiger partial charge in [-0.25, -0.2) is 0 Å². The van der Waals surface area contributed by atoms with E-state index in [1.807, 2.05) is 0 Å². The van der Waals surface area contributed by atoms with E-state index in [0.717, 1.165) is 25.7 Å². The third kappa shape index (κ3) is 4.32. The van der Waals surface area contributed by atoms with Gasteiger partial charge in [-0.2, -0.15) is 4.98 Å². The molecule has 0 radical (unpaired) electrons. The summed E-state index contributed by atoms with van der Waals surface area (Å²) in [6, 6.07) is 6.66. The fourth-order valence-electron chi connectivity index (χ4n) is 2.84. The third-order valence-electron chi connectivity index (χ3n) is 4.15. The maximum atomic E-state index is 12.2. The summed E-state index contributed by atoms with van der Waals surface area (Å²) in [7, 11) is 0. The Hall–Kier alpha value is -2.96. The first kappa shape index (κ1) is 16.9. The molecule has 0 spiro atoms. The van der Waals surface area contributed by atoms with Crippen LogP contribution in [-0.2, 0) is 4.79 Å². The Bertz CT molecular complexity index is 757. The van der Waals surface area contributed by atoms with Crippen molar-refractivity contribution in [1.82, 2.24) is 9.97 Å². The lowest BCUT2D eigenvalue weighted by Gasteiger charge is -2.22. The summed E-state index contributed by atoms with van der Waals surface area (Å²) in [5.41, 5.74) is 6.47. The van der Waals surface area contributed by atoms with Gasteiger partial charge >= 0.3 is 0 Å². The molecule has 1 fully saturated rings. The summed E-state index contributed by atoms with van der Waals surface area (Å²) in [5, 5.41) is 10.7. The molecule has 1 saturated carbocycles. The van der Waals surface area contributed by atoms with E-state index in [1.54, 1.807) is 30.5 Å². The van der Waals surface area contributed by atoms with Crippen molar-refractivity contribution in [1.29, 1.82) is 5.41 Å². The molecule has 0 atom stereocenters. The topological polar surface area (TPSA) is 114 Å². The molecular formula is C18H21N5O2. The molecule has 0 bridgehead atoms. The van der Waals surface area contributed by atoms with Gasteiger partial charge in [0.15, 0.2) is 0 Å². The number of pyridine rings is 2. The van der Waals surface area contributed by atoms with Crippen LogP contribution in [0.1, 0.15) is 37.7 Å². The molecule has 25 heavy (non-hydrogen) atoms. The van der Waals surface area contributed by atoms with Crippen LogP contribution < -0.4 is 15.8 Å². The molecule has 4 N–H and O–H groups in total. The number of nitrogens with zero attached hydrogens (tertiary/aromatic N) is 2. The Morgan fingerprint density at radius 3 is 2.72 bits per heavy atom. The molecule has 7 nitrogen and oxygen atoms in total. The van der Waals surface area contributed by atoms with E-state index in [4.69, 9.17) is 15.9 Å². The fraction of sp³-hybridized carbons (Fsp3) is 0.333. The SMILES string of the molecule is N=C(C(=O)Nc1cccnc1)c1ccc(OC2CCCCC2)nc1N. The first-order chi connectivity index (χ1) is 12.1. The number of nitrogens with two attached hydrogens (primary N) is 1. The zero-order valence-electron chi connectivity index (χ0n) is 13.9. The zero-order valence-corrected chi connectivity index (χ0v) is 13.9. The summed E-state index contributed by atoms with van der Waals surface area (Å²) in [4.78, 5) is 20.3. The Balaban J connectivity index is 1.67. The highest BCUT2D eigenvalue weighted by molar-refractivity contribution is 6.48. The number of amides is 1. The lowest BCUT2D eigenvalue weighted by Crippen LogP contribution is -2.24. The van der Waals surface area contributed by atoms with Gasteiger partial charge in [-0.15, -0.1) is 0 Å². The average molecular weight is 339 g/mol. The number of carbonyl (C=O) groups excluding carboxylic acids is 1. The molecule has 1 aliphatic rings. The predicted octanol–water partition coefficient (Wildman–Crippen LogP) is 2.78. The molecule has 2 aromatic heterocycles. The van der Waals surface area contributed by atoms with Crippen LogP contribution in [0.15, 0.2) is 36.7 Å². The smallest absolute Gasteiger partial charge is 0.274 e. The van der Waals surface area contributed by atoms with E-state index in [9.17, 15) is 4.79 Å². The summed E-state index contributed by atoms with van der Waals surface area (Å²) < 4.78 is 5.86. The van der Waals surface area contributed by atoms with Gasteiger partial charge in [0.25, 0.3) is 5.91 Å². The Labute approximate surface area is 146 Å². The third-order valence-corrected chi connectivity index (χ3v) is 4.15. The van der Waals surface area contributed by atoms with Crippen molar-refractivity contribution in [3.8, 4) is 5.88 Å². The average Bonchev–Trinajstić information content (AvgIpc) is 2.63. The highest BCUT2D eigenvalue weighted by Crippen LogP contribution is 2.24. The van der Waals surface area contributed by atoms with E-state index in [-0.39, 0.29) is 23.2 Å². The predicted molar refractivity (Wildman–Crippen MR) is 95.8 cm³/mol. The number of nitrogen functional groups attached to an aromatic ring is 1. The van der Waals surface area contributed by atoms with Crippen LogP contribution in [0.25, 0.3) is 0 Å². The van der Waals surface area contributed by atoms with Crippen molar-refractivity contribution in [2.75, 3.05) is 11.1 Å². The summed E-state index contributed by atoms with van der Waals surface area (Å²) in [5.74, 6) is -0.0179. The van der Waals surface area contributed by atoms with Gasteiger partial charge in [0.1, 0.15) is 17.6 Å². The summed E-state index contributed by atoms with van der Waals surface area (Å²) in [6.07, 6.45) is 8.90. The highest BCUT2D eigenvalue weighted by Gasteiger charge is 2.19. The van der Waals surface area contributed by atoms with Gasteiger partial charge in [-0.1, -0.05) is 6.42 Å². The molecule has 0 aliphatic heterocycles. The molecule has 2 heterocycles. The molecular weight excluding hydrogens is 318 g/mol. The number of carbonyl (C=O) groups is 1. The summed E-state index contributed by atoms with van der Waals surface area (Å²) >= 11 is 0. The molecule has 0 aromatic carbocycles. The number of ether oxygens (including phenoxy) is 1. The first-order valence-electron chi connectivity index (χ1n) is 8.37. The van der Waals surface area contributed by atoms with Crippen molar-refractivity contribution in [3.63, 3.8) is 0 Å². The normalized spacial score (nSPS) is 14.7. The Morgan fingerprint density at radius 1 is 1.24 bits per heavy atom. The Kier molecular flexibility index (Phi) is 5.23. The van der Waals surface area contributed by atoms with Crippen molar-refractivity contribution >= 4 is 23.1 Å². The maximum absolute atomic E-state index is 12.2. The van der Waals surface area contributed by atoms with E-state index in [1.165, 1.54) is 12.6 Å². The van der Waals surface area contributed by atoms with Gasteiger partial charge in [-0.05, 0) is 43.9 Å². The minimum absolute atomic E-state index is 0.111. The molecule has 0 saturated heterocycles. The zero-order chi connectivity index (χ0) is 17.6. The molecule has 1 aliphatic carbocycles. The lowest BCUT2D eigenvalue weighted by atomic mass is 9.98. The summed E-state index contributed by atoms with van der Waals surface area (Å²) in [6.45, 7) is 0. The van der Waals surface area contributed by atoms with E-state index >= 15 is 0 Å². The maximum Gasteiger partial charge on any atom is 0.274 e. The van der Waals surface area contributed by atoms with Gasteiger partial charge in [0, 0.05) is 17.8 Å². The van der Waals surface area contributed by atoms with Crippen molar-refractivity contribution < 1.29 is 9.53 Å². The minimum atomic E-state index is -0.567. The number of rotatable bonds is 5. The monoisotopic (exact) mass is 339 g/mol. The minimum Gasteiger partial charge on any atom is -0.474 e. The van der Waals surface area contributed by atoms with Crippen LogP contribution >= 0.6 is 0 Å². The van der Waals surface area contributed by atoms with Crippen LogP contribution in [0, 0.1) is 5.41 Å². The second-order valence-electron chi connectivity index (χ2n) is 6.03. The largest absolute Gasteiger partial charge is 0.474 e. The van der Waals surface area contributed by atoms with Gasteiger partial charge < -0.3 is 15.8 Å². The number of hydrogen-bond acceptors (Lipinski definition) is 6. The van der Waals surface area contributed by atoms with Crippen LogP contribution in [0.2, 0.25) is 0 Å². The molecule has 130 valence electrons.